The van der Waals surface area contributed by atoms with Gasteiger partial charge < -0.3 is 20.1 Å². The number of fused-ring (bicyclic) bond motifs is 7. The summed E-state index contributed by atoms with van der Waals surface area (Å²) in [5.74, 6) is 0.909. The van der Waals surface area contributed by atoms with Crippen LogP contribution in [-0.4, -0.2) is 46.2 Å². The monoisotopic (exact) mass is 472 g/mol. The van der Waals surface area contributed by atoms with Crippen molar-refractivity contribution in [1.29, 1.82) is 0 Å². The lowest BCUT2D eigenvalue weighted by molar-refractivity contribution is -0.234. The van der Waals surface area contributed by atoms with Crippen LogP contribution in [0, 0.1) is 39.9 Å². The fourth-order valence-electron chi connectivity index (χ4n) is 9.80. The maximum Gasteiger partial charge on any atom is 0.334 e. The second-order valence-electron chi connectivity index (χ2n) is 13.1. The molecule has 0 saturated heterocycles. The van der Waals surface area contributed by atoms with Gasteiger partial charge in [-0.1, -0.05) is 39.3 Å². The van der Waals surface area contributed by atoms with Gasteiger partial charge in [0, 0.05) is 5.57 Å². The molecular weight excluding hydrogens is 428 g/mol. The Kier molecular flexibility index (Phi) is 5.90. The normalized spacial score (nSPS) is 50.4. The van der Waals surface area contributed by atoms with Gasteiger partial charge in [-0.3, -0.25) is 0 Å². The van der Waals surface area contributed by atoms with E-state index in [1.165, 1.54) is 5.57 Å². The molecule has 0 aromatic carbocycles. The summed E-state index contributed by atoms with van der Waals surface area (Å²) in [7, 11) is 0. The lowest BCUT2D eigenvalue weighted by Crippen LogP contribution is -2.65. The number of carbonyl (C=O) groups is 1. The van der Waals surface area contributed by atoms with Gasteiger partial charge >= 0.3 is 5.97 Å². The third-order valence-corrected chi connectivity index (χ3v) is 11.7. The Bertz CT molecular complexity index is 921. The fraction of sp³-hybridized carbons (Fsp3) is 0.828. The highest BCUT2D eigenvalue weighted by Crippen LogP contribution is 2.74. The predicted octanol–water partition coefficient (Wildman–Crippen LogP) is 4.55. The van der Waals surface area contributed by atoms with Crippen molar-refractivity contribution in [1.82, 2.24) is 0 Å². The number of rotatable bonds is 4. The minimum absolute atomic E-state index is 0.0209. The molecule has 190 valence electrons. The minimum atomic E-state index is -0.405. The van der Waals surface area contributed by atoms with Crippen LogP contribution in [0.3, 0.4) is 0 Å². The van der Waals surface area contributed by atoms with Crippen LogP contribution in [0.4, 0.5) is 0 Å². The number of allylic oxidation sites excluding steroid dienone is 1. The molecule has 4 saturated carbocycles. The molecule has 34 heavy (non-hydrogen) atoms. The van der Waals surface area contributed by atoms with Crippen LogP contribution in [0.25, 0.3) is 0 Å². The van der Waals surface area contributed by atoms with Crippen molar-refractivity contribution < 1.29 is 24.9 Å². The molecule has 3 N–H and O–H groups in total. The molecule has 0 amide bonds. The van der Waals surface area contributed by atoms with Crippen molar-refractivity contribution in [2.45, 2.75) is 104 Å². The van der Waals surface area contributed by atoms with E-state index in [1.54, 1.807) is 0 Å². The zero-order chi connectivity index (χ0) is 24.6. The van der Waals surface area contributed by atoms with Crippen LogP contribution in [-0.2, 0) is 9.53 Å². The largest absolute Gasteiger partial charge is 0.454 e. The summed E-state index contributed by atoms with van der Waals surface area (Å²) in [5, 5.41) is 31.7. The van der Waals surface area contributed by atoms with Crippen LogP contribution in [0.15, 0.2) is 22.8 Å². The average molecular weight is 473 g/mol. The molecule has 10 atom stereocenters. The highest BCUT2D eigenvalue weighted by molar-refractivity contribution is 5.92. The molecule has 4 fully saturated rings. The fourth-order valence-corrected chi connectivity index (χ4v) is 9.80. The Morgan fingerprint density at radius 3 is 2.56 bits per heavy atom. The van der Waals surface area contributed by atoms with Crippen LogP contribution in [0.2, 0.25) is 0 Å². The quantitative estimate of drug-likeness (QED) is 0.413. The van der Waals surface area contributed by atoms with Crippen molar-refractivity contribution in [3.8, 4) is 0 Å². The smallest absolute Gasteiger partial charge is 0.334 e. The van der Waals surface area contributed by atoms with Gasteiger partial charge in [0.1, 0.15) is 6.10 Å². The molecule has 1 aliphatic heterocycles. The van der Waals surface area contributed by atoms with Crippen LogP contribution in [0.1, 0.15) is 86.0 Å². The Balaban J connectivity index is 1.51. The summed E-state index contributed by atoms with van der Waals surface area (Å²) in [5.41, 5.74) is 2.88. The zero-order valence-electron chi connectivity index (χ0n) is 21.6. The summed E-state index contributed by atoms with van der Waals surface area (Å²) in [4.78, 5) is 12.8. The van der Waals surface area contributed by atoms with E-state index in [2.05, 4.69) is 27.7 Å². The van der Waals surface area contributed by atoms with Crippen molar-refractivity contribution in [3.05, 3.63) is 22.8 Å². The van der Waals surface area contributed by atoms with Gasteiger partial charge in [-0.15, -0.1) is 0 Å². The van der Waals surface area contributed by atoms with Crippen LogP contribution in [0.5, 0.6) is 0 Å². The standard InChI is InChI=1S/C29H44O5/c1-16(15-30)7-6-8-18-24-20-13-22(32)25-27(3)11-10-21(31)17(2)19(27)9-12-28(25,4)29(20,5)14-23(24)34-26(18)33/h7,17,19-23,25,30-32H,6,8-15H2,1-5H3/t17-,19-,20-,21+,22+,23-,25-,27-,28-,29-/m0/s1. The first kappa shape index (κ1) is 24.5. The van der Waals surface area contributed by atoms with Gasteiger partial charge in [0.05, 0.1) is 18.8 Å². The predicted molar refractivity (Wildman–Crippen MR) is 131 cm³/mol. The topological polar surface area (TPSA) is 87.0 Å². The van der Waals surface area contributed by atoms with Crippen molar-refractivity contribution in [2.75, 3.05) is 6.61 Å². The maximum absolute atomic E-state index is 12.8. The Hall–Kier alpha value is -1.17. The van der Waals surface area contributed by atoms with Gasteiger partial charge in [0.25, 0.3) is 0 Å². The third-order valence-electron chi connectivity index (χ3n) is 11.7. The number of esters is 1. The molecule has 5 heteroatoms. The van der Waals surface area contributed by atoms with E-state index >= 15 is 0 Å². The van der Waals surface area contributed by atoms with E-state index in [4.69, 9.17) is 4.74 Å². The summed E-state index contributed by atoms with van der Waals surface area (Å²) >= 11 is 0. The first-order valence-corrected chi connectivity index (χ1v) is 13.5. The second-order valence-corrected chi connectivity index (χ2v) is 13.1. The molecule has 5 rings (SSSR count). The molecule has 0 aromatic rings. The number of aliphatic hydroxyl groups is 3. The number of ether oxygens (including phenoxy) is 1. The van der Waals surface area contributed by atoms with Crippen molar-refractivity contribution in [3.63, 3.8) is 0 Å². The molecule has 5 nitrogen and oxygen atoms in total. The van der Waals surface area contributed by atoms with Gasteiger partial charge in [0.2, 0.25) is 0 Å². The molecule has 0 bridgehead atoms. The Labute approximate surface area is 204 Å². The minimum Gasteiger partial charge on any atom is -0.454 e. The van der Waals surface area contributed by atoms with E-state index < -0.39 is 6.10 Å². The van der Waals surface area contributed by atoms with E-state index in [0.29, 0.717) is 18.8 Å². The van der Waals surface area contributed by atoms with E-state index in [0.717, 1.165) is 49.7 Å². The van der Waals surface area contributed by atoms with Gasteiger partial charge in [-0.25, -0.2) is 4.79 Å². The lowest BCUT2D eigenvalue weighted by Gasteiger charge is -2.69. The second kappa shape index (κ2) is 8.18. The summed E-state index contributed by atoms with van der Waals surface area (Å²) in [6.45, 7) is 11.4. The first-order chi connectivity index (χ1) is 16.0. The van der Waals surface area contributed by atoms with E-state index in [9.17, 15) is 20.1 Å². The molecule has 0 radical (unpaired) electrons. The Morgan fingerprint density at radius 2 is 1.85 bits per heavy atom. The number of hydrogen-bond acceptors (Lipinski definition) is 5. The highest BCUT2D eigenvalue weighted by Gasteiger charge is 2.71. The maximum atomic E-state index is 12.8. The van der Waals surface area contributed by atoms with Gasteiger partial charge in [-0.2, -0.15) is 0 Å². The molecule has 0 aromatic heterocycles. The van der Waals surface area contributed by atoms with Crippen LogP contribution >= 0.6 is 0 Å². The number of aliphatic hydroxyl groups excluding tert-OH is 3. The van der Waals surface area contributed by atoms with Crippen molar-refractivity contribution in [2.24, 2.45) is 39.9 Å². The summed E-state index contributed by atoms with van der Waals surface area (Å²) in [6, 6.07) is 0. The van der Waals surface area contributed by atoms with Crippen molar-refractivity contribution >= 4 is 5.97 Å². The molecule has 1 heterocycles. The highest BCUT2D eigenvalue weighted by atomic mass is 16.5. The van der Waals surface area contributed by atoms with Crippen LogP contribution < -0.4 is 0 Å². The molecule has 0 spiro atoms. The number of hydrogen-bond donors (Lipinski definition) is 3. The molecule has 0 unspecified atom stereocenters. The van der Waals surface area contributed by atoms with E-state index in [1.807, 2.05) is 13.0 Å². The van der Waals surface area contributed by atoms with Gasteiger partial charge in [-0.05, 0) is 104 Å². The third kappa shape index (κ3) is 3.18. The van der Waals surface area contributed by atoms with E-state index in [-0.39, 0.29) is 58.8 Å². The first-order valence-electron chi connectivity index (χ1n) is 13.5. The Morgan fingerprint density at radius 1 is 1.12 bits per heavy atom. The molecular formula is C29H44O5. The summed E-state index contributed by atoms with van der Waals surface area (Å²) < 4.78 is 5.96. The number of carbonyl (C=O) groups excluding carboxylic acids is 1. The lowest BCUT2D eigenvalue weighted by atomic mass is 9.36. The van der Waals surface area contributed by atoms with Gasteiger partial charge in [0.15, 0.2) is 0 Å². The SMILES string of the molecule is CC(=CCCC1=C2[C@H](C[C@@]3(C)[C@H]2C[C@@H](O)[C@H]2[C@@]4(C)CC[C@@H](O)[C@@H](C)[C@@H]4CC[C@@]23C)OC1=O)CO. The average Bonchev–Trinajstić information content (AvgIpc) is 3.22. The zero-order valence-corrected chi connectivity index (χ0v) is 21.6. The molecule has 4 aliphatic carbocycles. The molecule has 5 aliphatic rings. The summed E-state index contributed by atoms with van der Waals surface area (Å²) in [6.07, 6.45) is 8.09.